The first-order chi connectivity index (χ1) is 13.4. The zero-order valence-corrected chi connectivity index (χ0v) is 16.1. The minimum Gasteiger partial charge on any atom is -0.497 e. The molecule has 2 aromatic rings. The van der Waals surface area contributed by atoms with Gasteiger partial charge in [0.1, 0.15) is 23.1 Å². The highest BCUT2D eigenvalue weighted by atomic mass is 16.5. The fourth-order valence-corrected chi connectivity index (χ4v) is 3.34. The molecule has 0 saturated heterocycles. The molecular weight excluding hydrogens is 364 g/mol. The van der Waals surface area contributed by atoms with E-state index in [1.165, 1.54) is 7.11 Å². The molecule has 0 fully saturated rings. The van der Waals surface area contributed by atoms with Gasteiger partial charge < -0.3 is 25.3 Å². The van der Waals surface area contributed by atoms with Crippen molar-refractivity contribution in [3.63, 3.8) is 0 Å². The standard InChI is InChI=1S/C19H22N4O5/c1-5-28-18(24)13-9(2)21-17-15(16(20)22-19(25)23-17)14(13)11-7-6-10(26-3)8-12(11)27-4/h6-8,14H,5H2,1-4H3,(H4,20,21,22,23,25). The molecule has 1 atom stereocenters. The van der Waals surface area contributed by atoms with Crippen LogP contribution in [0.3, 0.4) is 0 Å². The molecular formula is C19H22N4O5. The molecule has 9 heteroatoms. The molecule has 4 N–H and O–H groups in total. The Morgan fingerprint density at radius 1 is 1.29 bits per heavy atom. The number of nitrogens with two attached hydrogens (primary N) is 1. The second-order valence-corrected chi connectivity index (χ2v) is 6.14. The molecule has 1 aromatic carbocycles. The van der Waals surface area contributed by atoms with Crippen LogP contribution in [0.5, 0.6) is 11.5 Å². The number of hydrogen-bond donors (Lipinski definition) is 3. The van der Waals surface area contributed by atoms with Crippen molar-refractivity contribution in [3.05, 3.63) is 51.1 Å². The number of fused-ring (bicyclic) bond motifs is 1. The summed E-state index contributed by atoms with van der Waals surface area (Å²) in [5.74, 6) is 0.347. The number of aromatic nitrogens is 2. The highest BCUT2D eigenvalue weighted by Crippen LogP contribution is 2.46. The van der Waals surface area contributed by atoms with Crippen LogP contribution in [0, 0.1) is 0 Å². The number of carbonyl (C=O) groups excluding carboxylic acids is 1. The van der Waals surface area contributed by atoms with Crippen LogP contribution in [0.1, 0.15) is 30.9 Å². The summed E-state index contributed by atoms with van der Waals surface area (Å²) in [6.45, 7) is 3.67. The average molecular weight is 386 g/mol. The van der Waals surface area contributed by atoms with E-state index in [1.807, 2.05) is 0 Å². The first kappa shape index (κ1) is 19.3. The number of carbonyl (C=O) groups is 1. The Kier molecular flexibility index (Phi) is 5.25. The third kappa shape index (κ3) is 3.26. The maximum absolute atomic E-state index is 12.8. The number of esters is 1. The Labute approximate surface area is 161 Å². The Balaban J connectivity index is 2.31. The van der Waals surface area contributed by atoms with Crippen LogP contribution in [-0.4, -0.2) is 36.8 Å². The molecule has 2 heterocycles. The normalized spacial score (nSPS) is 15.5. The van der Waals surface area contributed by atoms with Crippen LogP contribution in [0.2, 0.25) is 0 Å². The molecule has 0 radical (unpaired) electrons. The van der Waals surface area contributed by atoms with Crippen molar-refractivity contribution in [2.45, 2.75) is 19.8 Å². The lowest BCUT2D eigenvalue weighted by Crippen LogP contribution is -2.29. The largest absolute Gasteiger partial charge is 0.497 e. The molecule has 1 aliphatic heterocycles. The first-order valence-electron chi connectivity index (χ1n) is 8.67. The van der Waals surface area contributed by atoms with Gasteiger partial charge in [0.2, 0.25) is 0 Å². The van der Waals surface area contributed by atoms with E-state index in [-0.39, 0.29) is 18.2 Å². The second-order valence-electron chi connectivity index (χ2n) is 6.14. The highest BCUT2D eigenvalue weighted by molar-refractivity contribution is 5.95. The molecule has 1 aliphatic rings. The molecule has 0 saturated carbocycles. The number of anilines is 2. The molecule has 0 bridgehead atoms. The lowest BCUT2D eigenvalue weighted by molar-refractivity contribution is -0.138. The lowest BCUT2D eigenvalue weighted by atomic mass is 9.81. The third-order valence-corrected chi connectivity index (χ3v) is 4.53. The molecule has 1 aromatic heterocycles. The quantitative estimate of drug-likeness (QED) is 0.663. The minimum atomic E-state index is -0.652. The van der Waals surface area contributed by atoms with Crippen LogP contribution in [0.15, 0.2) is 34.3 Å². The van der Waals surface area contributed by atoms with Crippen LogP contribution in [0.4, 0.5) is 11.6 Å². The molecule has 148 valence electrons. The van der Waals surface area contributed by atoms with Crippen LogP contribution in [0.25, 0.3) is 0 Å². The molecule has 1 unspecified atom stereocenters. The zero-order chi connectivity index (χ0) is 20.4. The minimum absolute atomic E-state index is 0.111. The van der Waals surface area contributed by atoms with Gasteiger partial charge in [0.05, 0.1) is 32.3 Å². The van der Waals surface area contributed by atoms with Crippen molar-refractivity contribution in [2.24, 2.45) is 0 Å². The highest BCUT2D eigenvalue weighted by Gasteiger charge is 2.37. The van der Waals surface area contributed by atoms with Gasteiger partial charge >= 0.3 is 11.7 Å². The van der Waals surface area contributed by atoms with Gasteiger partial charge in [-0.3, -0.25) is 4.98 Å². The Hall–Kier alpha value is -3.49. The summed E-state index contributed by atoms with van der Waals surface area (Å²) in [5.41, 5.74) is 7.55. The number of allylic oxidation sites excluding steroid dienone is 1. The molecule has 3 rings (SSSR count). The van der Waals surface area contributed by atoms with Crippen molar-refractivity contribution in [3.8, 4) is 11.5 Å². The summed E-state index contributed by atoms with van der Waals surface area (Å²) in [5, 5.41) is 2.99. The summed E-state index contributed by atoms with van der Waals surface area (Å²) < 4.78 is 16.1. The molecule has 9 nitrogen and oxygen atoms in total. The second kappa shape index (κ2) is 7.63. The van der Waals surface area contributed by atoms with E-state index >= 15 is 0 Å². The molecule has 0 amide bonds. The van der Waals surface area contributed by atoms with Gasteiger partial charge in [-0.1, -0.05) is 6.07 Å². The summed E-state index contributed by atoms with van der Waals surface area (Å²) in [6.07, 6.45) is 0. The van der Waals surface area contributed by atoms with E-state index in [1.54, 1.807) is 39.2 Å². The monoisotopic (exact) mass is 386 g/mol. The average Bonchev–Trinajstić information content (AvgIpc) is 2.66. The zero-order valence-electron chi connectivity index (χ0n) is 16.1. The summed E-state index contributed by atoms with van der Waals surface area (Å²) in [7, 11) is 3.07. The number of nitrogens with zero attached hydrogens (tertiary/aromatic N) is 1. The third-order valence-electron chi connectivity index (χ3n) is 4.53. The summed E-state index contributed by atoms with van der Waals surface area (Å²) in [6, 6.07) is 5.26. The predicted molar refractivity (Wildman–Crippen MR) is 104 cm³/mol. The number of H-pyrrole nitrogens is 1. The van der Waals surface area contributed by atoms with Gasteiger partial charge in [-0.15, -0.1) is 0 Å². The van der Waals surface area contributed by atoms with E-state index in [0.29, 0.717) is 33.9 Å². The van der Waals surface area contributed by atoms with Crippen LogP contribution >= 0.6 is 0 Å². The number of aromatic amines is 1. The number of nitrogen functional groups attached to an aromatic ring is 1. The SMILES string of the molecule is CCOC(=O)C1=C(C)Nc2nc(=O)[nH]c(N)c2C1c1ccc(OC)cc1OC. The Bertz CT molecular complexity index is 1010. The first-order valence-corrected chi connectivity index (χ1v) is 8.67. The van der Waals surface area contributed by atoms with Crippen molar-refractivity contribution in [1.29, 1.82) is 0 Å². The summed E-state index contributed by atoms with van der Waals surface area (Å²) >= 11 is 0. The predicted octanol–water partition coefficient (Wildman–Crippen LogP) is 1.76. The van der Waals surface area contributed by atoms with E-state index in [2.05, 4.69) is 15.3 Å². The van der Waals surface area contributed by atoms with E-state index in [0.717, 1.165) is 0 Å². The number of benzene rings is 1. The van der Waals surface area contributed by atoms with E-state index in [9.17, 15) is 9.59 Å². The Morgan fingerprint density at radius 2 is 2.04 bits per heavy atom. The number of hydrogen-bond acceptors (Lipinski definition) is 8. The van der Waals surface area contributed by atoms with Crippen molar-refractivity contribution in [1.82, 2.24) is 9.97 Å². The van der Waals surface area contributed by atoms with Gasteiger partial charge in [-0.05, 0) is 19.9 Å². The fraction of sp³-hybridized carbons (Fsp3) is 0.316. The van der Waals surface area contributed by atoms with Crippen LogP contribution in [-0.2, 0) is 9.53 Å². The molecule has 0 spiro atoms. The lowest BCUT2D eigenvalue weighted by Gasteiger charge is -2.30. The van der Waals surface area contributed by atoms with E-state index < -0.39 is 17.6 Å². The van der Waals surface area contributed by atoms with E-state index in [4.69, 9.17) is 19.9 Å². The van der Waals surface area contributed by atoms with Crippen molar-refractivity contribution in [2.75, 3.05) is 31.9 Å². The van der Waals surface area contributed by atoms with Gasteiger partial charge in [0.25, 0.3) is 0 Å². The number of methoxy groups -OCH3 is 2. The van der Waals surface area contributed by atoms with Gasteiger partial charge in [0.15, 0.2) is 0 Å². The van der Waals surface area contributed by atoms with Crippen molar-refractivity contribution < 1.29 is 19.0 Å². The Morgan fingerprint density at radius 3 is 2.68 bits per heavy atom. The summed E-state index contributed by atoms with van der Waals surface area (Å²) in [4.78, 5) is 31.1. The number of rotatable bonds is 5. The number of ether oxygens (including phenoxy) is 3. The smallest absolute Gasteiger partial charge is 0.348 e. The fourth-order valence-electron chi connectivity index (χ4n) is 3.34. The maximum atomic E-state index is 12.8. The van der Waals surface area contributed by atoms with Gasteiger partial charge in [0, 0.05) is 22.9 Å². The maximum Gasteiger partial charge on any atom is 0.348 e. The van der Waals surface area contributed by atoms with Gasteiger partial charge in [-0.25, -0.2) is 9.59 Å². The molecule has 28 heavy (non-hydrogen) atoms. The van der Waals surface area contributed by atoms with Gasteiger partial charge in [-0.2, -0.15) is 4.98 Å². The van der Waals surface area contributed by atoms with Crippen LogP contribution < -0.4 is 26.2 Å². The molecule has 0 aliphatic carbocycles. The number of nitrogens with one attached hydrogen (secondary N) is 2. The van der Waals surface area contributed by atoms with Crippen molar-refractivity contribution >= 4 is 17.6 Å². The topological polar surface area (TPSA) is 129 Å².